The van der Waals surface area contributed by atoms with Crippen LogP contribution in [0.3, 0.4) is 0 Å². The van der Waals surface area contributed by atoms with Crippen molar-refractivity contribution in [2.75, 3.05) is 14.1 Å². The molecule has 0 heterocycles. The SMILES string of the molecule is CN(C)NS(=O)(=O)c1ccc(CNC2CC2)cc1. The van der Waals surface area contributed by atoms with E-state index in [0.29, 0.717) is 6.04 Å². The highest BCUT2D eigenvalue weighted by molar-refractivity contribution is 7.89. The number of rotatable bonds is 6. The van der Waals surface area contributed by atoms with Crippen LogP contribution in [0.1, 0.15) is 18.4 Å². The van der Waals surface area contributed by atoms with E-state index in [1.165, 1.54) is 17.9 Å². The Hall–Kier alpha value is -0.950. The predicted octanol–water partition coefficient (Wildman–Crippen LogP) is 0.693. The average molecular weight is 269 g/mol. The summed E-state index contributed by atoms with van der Waals surface area (Å²) < 4.78 is 23.7. The minimum absolute atomic E-state index is 0.284. The molecule has 6 heteroatoms. The number of hydrazine groups is 1. The van der Waals surface area contributed by atoms with E-state index in [2.05, 4.69) is 10.1 Å². The Balaban J connectivity index is 2.01. The van der Waals surface area contributed by atoms with Gasteiger partial charge >= 0.3 is 0 Å². The number of hydrogen-bond acceptors (Lipinski definition) is 4. The molecule has 1 aliphatic carbocycles. The van der Waals surface area contributed by atoms with Gasteiger partial charge in [-0.1, -0.05) is 12.1 Å². The van der Waals surface area contributed by atoms with Gasteiger partial charge in [0.25, 0.3) is 10.0 Å². The van der Waals surface area contributed by atoms with Crippen LogP contribution in [0.15, 0.2) is 29.2 Å². The molecule has 100 valence electrons. The van der Waals surface area contributed by atoms with Crippen LogP contribution in [0.25, 0.3) is 0 Å². The molecule has 0 spiro atoms. The fourth-order valence-corrected chi connectivity index (χ4v) is 2.71. The van der Waals surface area contributed by atoms with Crippen molar-refractivity contribution < 1.29 is 8.42 Å². The molecule has 0 unspecified atom stereocenters. The molecule has 0 atom stereocenters. The minimum atomic E-state index is -3.44. The van der Waals surface area contributed by atoms with Gasteiger partial charge in [0, 0.05) is 26.7 Å². The van der Waals surface area contributed by atoms with E-state index in [4.69, 9.17) is 0 Å². The molecule has 1 aromatic rings. The molecular formula is C12H19N3O2S. The van der Waals surface area contributed by atoms with Gasteiger partial charge in [-0.25, -0.2) is 13.4 Å². The van der Waals surface area contributed by atoms with Gasteiger partial charge < -0.3 is 5.32 Å². The maximum atomic E-state index is 11.9. The zero-order chi connectivity index (χ0) is 13.2. The first-order chi connectivity index (χ1) is 8.47. The predicted molar refractivity (Wildman–Crippen MR) is 70.3 cm³/mol. The Kier molecular flexibility index (Phi) is 4.01. The zero-order valence-corrected chi connectivity index (χ0v) is 11.5. The van der Waals surface area contributed by atoms with E-state index in [1.807, 2.05) is 12.1 Å². The largest absolute Gasteiger partial charge is 0.310 e. The molecule has 5 nitrogen and oxygen atoms in total. The molecule has 18 heavy (non-hydrogen) atoms. The van der Waals surface area contributed by atoms with Crippen molar-refractivity contribution in [3.63, 3.8) is 0 Å². The van der Waals surface area contributed by atoms with E-state index in [-0.39, 0.29) is 4.90 Å². The summed E-state index contributed by atoms with van der Waals surface area (Å²) in [6, 6.07) is 7.62. The van der Waals surface area contributed by atoms with Crippen molar-refractivity contribution >= 4 is 10.0 Å². The third-order valence-electron chi connectivity index (χ3n) is 2.71. The molecule has 2 rings (SSSR count). The highest BCUT2D eigenvalue weighted by atomic mass is 32.2. The van der Waals surface area contributed by atoms with Gasteiger partial charge in [-0.2, -0.15) is 0 Å². The van der Waals surface area contributed by atoms with Crippen LogP contribution in [0.5, 0.6) is 0 Å². The summed E-state index contributed by atoms with van der Waals surface area (Å²) in [5, 5.41) is 4.80. The fraction of sp³-hybridized carbons (Fsp3) is 0.500. The Bertz CT molecular complexity index is 493. The third-order valence-corrected chi connectivity index (χ3v) is 4.21. The van der Waals surface area contributed by atoms with Crippen LogP contribution < -0.4 is 10.1 Å². The first kappa shape index (κ1) is 13.5. The zero-order valence-electron chi connectivity index (χ0n) is 10.7. The Morgan fingerprint density at radius 2 is 1.83 bits per heavy atom. The van der Waals surface area contributed by atoms with Gasteiger partial charge in [0.2, 0.25) is 0 Å². The lowest BCUT2D eigenvalue weighted by Crippen LogP contribution is -2.36. The van der Waals surface area contributed by atoms with E-state index in [9.17, 15) is 8.42 Å². The molecule has 0 bridgehead atoms. The van der Waals surface area contributed by atoms with Crippen LogP contribution in [0.2, 0.25) is 0 Å². The van der Waals surface area contributed by atoms with Crippen molar-refractivity contribution in [1.29, 1.82) is 0 Å². The van der Waals surface area contributed by atoms with Gasteiger partial charge in [0.1, 0.15) is 0 Å². The molecule has 0 aliphatic heterocycles. The lowest BCUT2D eigenvalue weighted by molar-refractivity contribution is 0.364. The van der Waals surface area contributed by atoms with E-state index in [0.717, 1.165) is 12.1 Å². The Morgan fingerprint density at radius 1 is 1.22 bits per heavy atom. The quantitative estimate of drug-likeness (QED) is 0.746. The summed E-state index contributed by atoms with van der Waals surface area (Å²) in [4.78, 5) is 2.69. The highest BCUT2D eigenvalue weighted by Gasteiger charge is 2.20. The normalized spacial score (nSPS) is 16.2. The molecule has 1 aliphatic rings. The maximum Gasteiger partial charge on any atom is 0.253 e. The van der Waals surface area contributed by atoms with Crippen LogP contribution in [-0.2, 0) is 16.6 Å². The Morgan fingerprint density at radius 3 is 2.33 bits per heavy atom. The molecular weight excluding hydrogens is 250 g/mol. The lowest BCUT2D eigenvalue weighted by atomic mass is 10.2. The Labute approximate surface area is 108 Å². The molecule has 1 aromatic carbocycles. The number of nitrogens with zero attached hydrogens (tertiary/aromatic N) is 1. The molecule has 0 saturated heterocycles. The van der Waals surface area contributed by atoms with Crippen LogP contribution in [0.4, 0.5) is 0 Å². The number of nitrogens with one attached hydrogen (secondary N) is 2. The monoisotopic (exact) mass is 269 g/mol. The molecule has 1 saturated carbocycles. The first-order valence-corrected chi connectivity index (χ1v) is 7.48. The fourth-order valence-electron chi connectivity index (χ4n) is 1.63. The molecule has 0 aromatic heterocycles. The van der Waals surface area contributed by atoms with E-state index < -0.39 is 10.0 Å². The summed E-state index contributed by atoms with van der Waals surface area (Å²) in [6.07, 6.45) is 2.50. The second kappa shape index (κ2) is 5.36. The number of hydrogen-bond donors (Lipinski definition) is 2. The minimum Gasteiger partial charge on any atom is -0.310 e. The van der Waals surface area contributed by atoms with Crippen LogP contribution in [-0.4, -0.2) is 33.6 Å². The number of benzene rings is 1. The standard InChI is InChI=1S/C12H19N3O2S/c1-15(2)14-18(16,17)12-7-3-10(4-8-12)9-13-11-5-6-11/h3-4,7-8,11,13-14H,5-6,9H2,1-2H3. The van der Waals surface area contributed by atoms with Crippen molar-refractivity contribution in [2.45, 2.75) is 30.3 Å². The van der Waals surface area contributed by atoms with Crippen molar-refractivity contribution in [3.8, 4) is 0 Å². The second-order valence-corrected chi connectivity index (χ2v) is 6.45. The van der Waals surface area contributed by atoms with Gasteiger partial charge in [0.05, 0.1) is 4.90 Å². The summed E-state index contributed by atoms with van der Waals surface area (Å²) in [5.41, 5.74) is 1.10. The van der Waals surface area contributed by atoms with Gasteiger partial charge in [-0.3, -0.25) is 0 Å². The van der Waals surface area contributed by atoms with Gasteiger partial charge in [0.15, 0.2) is 0 Å². The van der Waals surface area contributed by atoms with E-state index >= 15 is 0 Å². The summed E-state index contributed by atoms with van der Waals surface area (Å²) in [6.45, 7) is 0.798. The van der Waals surface area contributed by atoms with Crippen molar-refractivity contribution in [1.82, 2.24) is 15.2 Å². The van der Waals surface area contributed by atoms with E-state index in [1.54, 1.807) is 26.2 Å². The number of sulfonamides is 1. The molecule has 0 amide bonds. The topological polar surface area (TPSA) is 61.4 Å². The third kappa shape index (κ3) is 3.78. The summed E-state index contributed by atoms with van der Waals surface area (Å²) in [7, 11) is -0.151. The lowest BCUT2D eigenvalue weighted by Gasteiger charge is -2.12. The van der Waals surface area contributed by atoms with Crippen LogP contribution >= 0.6 is 0 Å². The maximum absolute atomic E-state index is 11.9. The average Bonchev–Trinajstić information content (AvgIpc) is 3.09. The smallest absolute Gasteiger partial charge is 0.253 e. The van der Waals surface area contributed by atoms with Crippen molar-refractivity contribution in [2.24, 2.45) is 0 Å². The molecule has 2 N–H and O–H groups in total. The summed E-state index contributed by atoms with van der Waals surface area (Å²) in [5.74, 6) is 0. The van der Waals surface area contributed by atoms with Crippen LogP contribution in [0, 0.1) is 0 Å². The van der Waals surface area contributed by atoms with Gasteiger partial charge in [-0.05, 0) is 30.5 Å². The van der Waals surface area contributed by atoms with Gasteiger partial charge in [-0.15, -0.1) is 4.83 Å². The van der Waals surface area contributed by atoms with Crippen molar-refractivity contribution in [3.05, 3.63) is 29.8 Å². The first-order valence-electron chi connectivity index (χ1n) is 5.99. The molecule has 0 radical (unpaired) electrons. The highest BCUT2D eigenvalue weighted by Crippen LogP contribution is 2.19. The molecule has 1 fully saturated rings. The second-order valence-electron chi connectivity index (χ2n) is 4.79. The summed E-state index contributed by atoms with van der Waals surface area (Å²) >= 11 is 0.